The standard InChI is InChI=1S/C11H22O3SSi/c1-11(5-2-3-6-14-11)16-9-8-15-7-4-10(12)13/h2-9,16H2,1H3,(H,12,13). The average molecular weight is 262 g/mol. The molecule has 0 radical (unpaired) electrons. The van der Waals surface area contributed by atoms with E-state index in [0.29, 0.717) is 6.42 Å². The molecule has 1 rings (SSSR count). The first-order chi connectivity index (χ1) is 7.62. The van der Waals surface area contributed by atoms with E-state index < -0.39 is 5.97 Å². The van der Waals surface area contributed by atoms with Crippen LogP contribution in [-0.4, -0.2) is 43.9 Å². The van der Waals surface area contributed by atoms with Gasteiger partial charge in [0.25, 0.3) is 0 Å². The van der Waals surface area contributed by atoms with Crippen LogP contribution in [0.1, 0.15) is 32.6 Å². The number of carboxylic acid groups (broad SMARTS) is 1. The number of ether oxygens (including phenoxy) is 1. The molecule has 1 atom stereocenters. The second-order valence-electron chi connectivity index (χ2n) is 4.62. The van der Waals surface area contributed by atoms with Crippen molar-refractivity contribution in [1.82, 2.24) is 0 Å². The molecule has 1 heterocycles. The number of hydrogen-bond acceptors (Lipinski definition) is 3. The molecule has 0 saturated carbocycles. The number of carbonyl (C=O) groups is 1. The van der Waals surface area contributed by atoms with Gasteiger partial charge in [0.2, 0.25) is 0 Å². The zero-order chi connectivity index (χ0) is 11.9. The normalized spacial score (nSPS) is 26.3. The van der Waals surface area contributed by atoms with Crippen LogP contribution in [0.25, 0.3) is 0 Å². The highest BCUT2D eigenvalue weighted by atomic mass is 32.2. The molecular weight excluding hydrogens is 240 g/mol. The van der Waals surface area contributed by atoms with E-state index in [1.807, 2.05) is 0 Å². The lowest BCUT2D eigenvalue weighted by Crippen LogP contribution is -2.39. The van der Waals surface area contributed by atoms with Crippen molar-refractivity contribution in [2.24, 2.45) is 0 Å². The number of carboxylic acids is 1. The highest BCUT2D eigenvalue weighted by molar-refractivity contribution is 7.99. The van der Waals surface area contributed by atoms with Crippen LogP contribution in [0, 0.1) is 0 Å². The summed E-state index contributed by atoms with van der Waals surface area (Å²) in [4.78, 5) is 10.3. The highest BCUT2D eigenvalue weighted by Crippen LogP contribution is 2.24. The van der Waals surface area contributed by atoms with Gasteiger partial charge in [0, 0.05) is 17.6 Å². The summed E-state index contributed by atoms with van der Waals surface area (Å²) in [5.41, 5.74) is 0. The molecule has 1 N–H and O–H groups in total. The van der Waals surface area contributed by atoms with Crippen molar-refractivity contribution in [2.45, 2.75) is 43.9 Å². The second-order valence-corrected chi connectivity index (χ2v) is 8.54. The van der Waals surface area contributed by atoms with Crippen LogP contribution in [0.3, 0.4) is 0 Å². The van der Waals surface area contributed by atoms with Gasteiger partial charge in [-0.05, 0) is 31.9 Å². The Morgan fingerprint density at radius 1 is 1.50 bits per heavy atom. The van der Waals surface area contributed by atoms with E-state index in [-0.39, 0.29) is 14.7 Å². The van der Waals surface area contributed by atoms with Crippen LogP contribution in [0.4, 0.5) is 0 Å². The van der Waals surface area contributed by atoms with E-state index in [2.05, 4.69) is 6.92 Å². The molecule has 0 bridgehead atoms. The van der Waals surface area contributed by atoms with Gasteiger partial charge in [-0.15, -0.1) is 0 Å². The van der Waals surface area contributed by atoms with Gasteiger partial charge in [-0.1, -0.05) is 6.04 Å². The van der Waals surface area contributed by atoms with Gasteiger partial charge in [-0.2, -0.15) is 11.8 Å². The zero-order valence-corrected chi connectivity index (χ0v) is 12.3. The summed E-state index contributed by atoms with van der Waals surface area (Å²) < 4.78 is 5.87. The molecule has 0 aromatic rings. The molecular formula is C11H22O3SSi. The third-order valence-corrected chi connectivity index (χ3v) is 6.91. The van der Waals surface area contributed by atoms with Crippen LogP contribution in [0.2, 0.25) is 6.04 Å². The van der Waals surface area contributed by atoms with Crippen molar-refractivity contribution in [1.29, 1.82) is 0 Å². The van der Waals surface area contributed by atoms with Crippen LogP contribution >= 0.6 is 11.8 Å². The summed E-state index contributed by atoms with van der Waals surface area (Å²) in [6.07, 6.45) is 4.06. The molecule has 0 amide bonds. The quantitative estimate of drug-likeness (QED) is 0.560. The number of thioether (sulfide) groups is 1. The average Bonchev–Trinajstić information content (AvgIpc) is 2.24. The largest absolute Gasteiger partial charge is 0.481 e. The van der Waals surface area contributed by atoms with Gasteiger partial charge in [0.05, 0.1) is 15.9 Å². The lowest BCUT2D eigenvalue weighted by Gasteiger charge is -2.33. The summed E-state index contributed by atoms with van der Waals surface area (Å²) in [7, 11) is -0.169. The highest BCUT2D eigenvalue weighted by Gasteiger charge is 2.27. The molecule has 16 heavy (non-hydrogen) atoms. The van der Waals surface area contributed by atoms with Gasteiger partial charge in [-0.3, -0.25) is 4.79 Å². The van der Waals surface area contributed by atoms with Crippen LogP contribution < -0.4 is 0 Å². The molecule has 1 saturated heterocycles. The minimum absolute atomic E-state index is 0.169. The van der Waals surface area contributed by atoms with E-state index in [1.165, 1.54) is 25.3 Å². The van der Waals surface area contributed by atoms with E-state index in [1.54, 1.807) is 11.8 Å². The Balaban J connectivity index is 1.99. The maximum absolute atomic E-state index is 10.3. The molecule has 94 valence electrons. The fourth-order valence-corrected chi connectivity index (χ4v) is 5.45. The molecule has 3 nitrogen and oxygen atoms in total. The number of hydrogen-bond donors (Lipinski definition) is 1. The number of aliphatic carboxylic acids is 1. The molecule has 1 aliphatic rings. The molecule has 1 fully saturated rings. The summed E-state index contributed by atoms with van der Waals surface area (Å²) >= 11 is 1.77. The van der Waals surface area contributed by atoms with Crippen LogP contribution in [0.15, 0.2) is 0 Å². The van der Waals surface area contributed by atoms with Crippen molar-refractivity contribution in [3.8, 4) is 0 Å². The first kappa shape index (κ1) is 14.1. The van der Waals surface area contributed by atoms with Crippen molar-refractivity contribution in [3.05, 3.63) is 0 Å². The molecule has 0 aliphatic carbocycles. The van der Waals surface area contributed by atoms with Gasteiger partial charge >= 0.3 is 5.97 Å². The predicted molar refractivity (Wildman–Crippen MR) is 71.1 cm³/mol. The smallest absolute Gasteiger partial charge is 0.304 e. The van der Waals surface area contributed by atoms with Gasteiger partial charge in [-0.25, -0.2) is 0 Å². The van der Waals surface area contributed by atoms with E-state index in [9.17, 15) is 4.79 Å². The van der Waals surface area contributed by atoms with E-state index in [0.717, 1.165) is 18.1 Å². The maximum atomic E-state index is 10.3. The fourth-order valence-electron chi connectivity index (χ4n) is 2.00. The third kappa shape index (κ3) is 5.91. The second kappa shape index (κ2) is 7.35. The lowest BCUT2D eigenvalue weighted by atomic mass is 10.1. The van der Waals surface area contributed by atoms with Gasteiger partial charge < -0.3 is 9.84 Å². The summed E-state index contributed by atoms with van der Waals surface area (Å²) in [6.45, 7) is 3.20. The fraction of sp³-hybridized carbons (Fsp3) is 0.909. The van der Waals surface area contributed by atoms with E-state index in [4.69, 9.17) is 9.84 Å². The SMILES string of the molecule is CC1([SiH2]CCSCCC(=O)O)CCCCO1. The Bertz CT molecular complexity index is 217. The Hall–Kier alpha value is -0.00312. The molecule has 5 heteroatoms. The molecule has 0 spiro atoms. The van der Waals surface area contributed by atoms with Crippen molar-refractivity contribution in [3.63, 3.8) is 0 Å². The van der Waals surface area contributed by atoms with Crippen LogP contribution in [0.5, 0.6) is 0 Å². The van der Waals surface area contributed by atoms with Crippen molar-refractivity contribution < 1.29 is 14.6 Å². The zero-order valence-electron chi connectivity index (χ0n) is 10.0. The molecule has 0 aromatic heterocycles. The predicted octanol–water partition coefficient (Wildman–Crippen LogP) is 1.70. The Labute approximate surface area is 104 Å². The maximum Gasteiger partial charge on any atom is 0.304 e. The summed E-state index contributed by atoms with van der Waals surface area (Å²) in [5, 5.41) is 8.72. The Morgan fingerprint density at radius 2 is 2.31 bits per heavy atom. The first-order valence-electron chi connectivity index (χ1n) is 6.06. The Morgan fingerprint density at radius 3 is 2.94 bits per heavy atom. The van der Waals surface area contributed by atoms with Crippen molar-refractivity contribution >= 4 is 27.3 Å². The number of rotatable bonds is 7. The minimum atomic E-state index is -0.688. The third-order valence-electron chi connectivity index (χ3n) is 3.01. The Kier molecular flexibility index (Phi) is 6.46. The molecule has 1 aliphatic heterocycles. The topological polar surface area (TPSA) is 46.5 Å². The minimum Gasteiger partial charge on any atom is -0.481 e. The first-order valence-corrected chi connectivity index (χ1v) is 8.92. The van der Waals surface area contributed by atoms with Gasteiger partial charge in [0.15, 0.2) is 0 Å². The summed E-state index contributed by atoms with van der Waals surface area (Å²) in [5.74, 6) is 1.17. The van der Waals surface area contributed by atoms with Crippen LogP contribution in [-0.2, 0) is 9.53 Å². The van der Waals surface area contributed by atoms with Gasteiger partial charge in [0.1, 0.15) is 0 Å². The monoisotopic (exact) mass is 262 g/mol. The molecule has 1 unspecified atom stereocenters. The van der Waals surface area contributed by atoms with Crippen molar-refractivity contribution in [2.75, 3.05) is 18.1 Å². The van der Waals surface area contributed by atoms with E-state index >= 15 is 0 Å². The molecule has 0 aromatic carbocycles. The summed E-state index contributed by atoms with van der Waals surface area (Å²) in [6, 6.07) is 1.26. The lowest BCUT2D eigenvalue weighted by molar-refractivity contribution is -0.136.